The quantitative estimate of drug-likeness (QED) is 0.873. The van der Waals surface area contributed by atoms with Gasteiger partial charge in [-0.05, 0) is 56.5 Å². The van der Waals surface area contributed by atoms with Gasteiger partial charge in [0.25, 0.3) is 0 Å². The number of hydrogen-bond acceptors (Lipinski definition) is 3. The van der Waals surface area contributed by atoms with Gasteiger partial charge in [-0.15, -0.1) is 0 Å². The van der Waals surface area contributed by atoms with Crippen molar-refractivity contribution in [2.24, 2.45) is 0 Å². The van der Waals surface area contributed by atoms with Crippen molar-refractivity contribution in [1.29, 1.82) is 0 Å². The Hall–Kier alpha value is -1.85. The molecule has 0 bridgehead atoms. The van der Waals surface area contributed by atoms with Gasteiger partial charge in [0.05, 0.1) is 4.90 Å². The van der Waals surface area contributed by atoms with Crippen LogP contribution < -0.4 is 5.32 Å². The number of anilines is 1. The van der Waals surface area contributed by atoms with Crippen molar-refractivity contribution in [2.75, 3.05) is 11.9 Å². The van der Waals surface area contributed by atoms with E-state index in [0.29, 0.717) is 11.4 Å². The topological polar surface area (TPSA) is 49.4 Å². The molecule has 1 heterocycles. The van der Waals surface area contributed by atoms with Crippen molar-refractivity contribution < 1.29 is 8.42 Å². The number of sulfonamides is 1. The molecule has 0 spiro atoms. The van der Waals surface area contributed by atoms with Gasteiger partial charge in [0.1, 0.15) is 0 Å². The Balaban J connectivity index is 1.69. The van der Waals surface area contributed by atoms with E-state index in [1.165, 1.54) is 11.1 Å². The maximum atomic E-state index is 12.8. The molecule has 2 aromatic rings. The van der Waals surface area contributed by atoms with Gasteiger partial charge >= 0.3 is 0 Å². The highest BCUT2D eigenvalue weighted by Crippen LogP contribution is 2.26. The number of rotatable bonds is 5. The lowest BCUT2D eigenvalue weighted by Gasteiger charge is -2.32. The lowest BCUT2D eigenvalue weighted by atomic mass is 10.1. The van der Waals surface area contributed by atoms with Crippen LogP contribution in [0, 0.1) is 6.92 Å². The Bertz CT molecular complexity index is 816. The number of aryl methyl sites for hydroxylation is 1. The summed E-state index contributed by atoms with van der Waals surface area (Å²) < 4.78 is 27.3. The van der Waals surface area contributed by atoms with Crippen LogP contribution >= 0.6 is 0 Å². The zero-order valence-electron chi connectivity index (χ0n) is 14.9. The Morgan fingerprint density at radius 1 is 1.12 bits per heavy atom. The standard InChI is InChI=1S/C20H26N2O2S/c1-16-6-5-8-18(14-16)15-21-19-9-11-20(12-10-19)25(23,24)22-13-4-3-7-17(22)2/h5-6,8-12,14,17,21H,3-4,7,13,15H2,1-2H3. The van der Waals surface area contributed by atoms with Gasteiger partial charge in [0.15, 0.2) is 0 Å². The van der Waals surface area contributed by atoms with Gasteiger partial charge in [0, 0.05) is 24.8 Å². The molecule has 2 aromatic carbocycles. The second kappa shape index (κ2) is 7.58. The van der Waals surface area contributed by atoms with E-state index in [1.807, 2.05) is 25.1 Å². The van der Waals surface area contributed by atoms with Gasteiger partial charge < -0.3 is 5.32 Å². The van der Waals surface area contributed by atoms with E-state index in [9.17, 15) is 8.42 Å². The normalized spacial score (nSPS) is 18.9. The van der Waals surface area contributed by atoms with Gasteiger partial charge in [-0.3, -0.25) is 0 Å². The van der Waals surface area contributed by atoms with E-state index >= 15 is 0 Å². The molecule has 25 heavy (non-hydrogen) atoms. The molecule has 3 rings (SSSR count). The first-order valence-corrected chi connectivity index (χ1v) is 10.3. The van der Waals surface area contributed by atoms with E-state index in [-0.39, 0.29) is 6.04 Å². The van der Waals surface area contributed by atoms with E-state index in [4.69, 9.17) is 0 Å². The van der Waals surface area contributed by atoms with Crippen molar-refractivity contribution >= 4 is 15.7 Å². The molecule has 134 valence electrons. The summed E-state index contributed by atoms with van der Waals surface area (Å²) in [4.78, 5) is 0.377. The minimum absolute atomic E-state index is 0.0814. The molecule has 1 unspecified atom stereocenters. The molecule has 5 heteroatoms. The third-order valence-corrected chi connectivity index (χ3v) is 6.81. The number of benzene rings is 2. The third kappa shape index (κ3) is 4.22. The molecule has 1 fully saturated rings. The van der Waals surface area contributed by atoms with Crippen LogP contribution in [0.4, 0.5) is 5.69 Å². The summed E-state index contributed by atoms with van der Waals surface area (Å²) in [6, 6.07) is 15.5. The highest BCUT2D eigenvalue weighted by Gasteiger charge is 2.30. The first-order valence-electron chi connectivity index (χ1n) is 8.88. The summed E-state index contributed by atoms with van der Waals surface area (Å²) in [5.41, 5.74) is 3.36. The highest BCUT2D eigenvalue weighted by molar-refractivity contribution is 7.89. The van der Waals surface area contributed by atoms with Crippen LogP contribution in [0.5, 0.6) is 0 Å². The lowest BCUT2D eigenvalue weighted by molar-refractivity contribution is 0.268. The molecule has 0 aliphatic carbocycles. The van der Waals surface area contributed by atoms with E-state index < -0.39 is 10.0 Å². The summed E-state index contributed by atoms with van der Waals surface area (Å²) >= 11 is 0. The van der Waals surface area contributed by atoms with Crippen molar-refractivity contribution in [3.8, 4) is 0 Å². The summed E-state index contributed by atoms with van der Waals surface area (Å²) in [6.07, 6.45) is 2.99. The second-order valence-electron chi connectivity index (χ2n) is 6.83. The molecule has 4 nitrogen and oxygen atoms in total. The Kier molecular flexibility index (Phi) is 5.45. The summed E-state index contributed by atoms with van der Waals surface area (Å²) in [6.45, 7) is 5.41. The lowest BCUT2D eigenvalue weighted by Crippen LogP contribution is -2.41. The van der Waals surface area contributed by atoms with Crippen molar-refractivity contribution in [1.82, 2.24) is 4.31 Å². The van der Waals surface area contributed by atoms with Crippen molar-refractivity contribution in [2.45, 2.75) is 50.6 Å². The van der Waals surface area contributed by atoms with Crippen LogP contribution in [0.25, 0.3) is 0 Å². The summed E-state index contributed by atoms with van der Waals surface area (Å²) in [7, 11) is -3.40. The largest absolute Gasteiger partial charge is 0.381 e. The number of nitrogens with one attached hydrogen (secondary N) is 1. The number of nitrogens with zero attached hydrogens (tertiary/aromatic N) is 1. The molecule has 1 aliphatic rings. The van der Waals surface area contributed by atoms with Crippen LogP contribution in [0.15, 0.2) is 53.4 Å². The van der Waals surface area contributed by atoms with Crippen LogP contribution in [0.3, 0.4) is 0 Å². The Morgan fingerprint density at radius 2 is 1.88 bits per heavy atom. The second-order valence-corrected chi connectivity index (χ2v) is 8.72. The van der Waals surface area contributed by atoms with Crippen LogP contribution in [0.1, 0.15) is 37.3 Å². The predicted molar refractivity (Wildman–Crippen MR) is 102 cm³/mol. The zero-order valence-corrected chi connectivity index (χ0v) is 15.7. The monoisotopic (exact) mass is 358 g/mol. The van der Waals surface area contributed by atoms with Crippen LogP contribution in [-0.2, 0) is 16.6 Å². The fourth-order valence-electron chi connectivity index (χ4n) is 3.34. The van der Waals surface area contributed by atoms with Gasteiger partial charge in [-0.2, -0.15) is 4.31 Å². The van der Waals surface area contributed by atoms with Gasteiger partial charge in [-0.1, -0.05) is 36.2 Å². The average Bonchev–Trinajstić information content (AvgIpc) is 2.61. The third-order valence-electron chi connectivity index (χ3n) is 4.78. The van der Waals surface area contributed by atoms with Crippen LogP contribution in [0.2, 0.25) is 0 Å². The smallest absolute Gasteiger partial charge is 0.243 e. The minimum atomic E-state index is -3.40. The Labute approximate surface area is 150 Å². The number of hydrogen-bond donors (Lipinski definition) is 1. The van der Waals surface area contributed by atoms with Gasteiger partial charge in [-0.25, -0.2) is 8.42 Å². The minimum Gasteiger partial charge on any atom is -0.381 e. The fraction of sp³-hybridized carbons (Fsp3) is 0.400. The van der Waals surface area contributed by atoms with E-state index in [1.54, 1.807) is 16.4 Å². The molecule has 1 N–H and O–H groups in total. The van der Waals surface area contributed by atoms with Crippen LogP contribution in [-0.4, -0.2) is 25.3 Å². The summed E-state index contributed by atoms with van der Waals surface area (Å²) in [5.74, 6) is 0. The molecular weight excluding hydrogens is 332 g/mol. The maximum Gasteiger partial charge on any atom is 0.243 e. The first-order chi connectivity index (χ1) is 12.0. The first kappa shape index (κ1) is 18.0. The SMILES string of the molecule is Cc1cccc(CNc2ccc(S(=O)(=O)N3CCCCC3C)cc2)c1. The molecule has 1 saturated heterocycles. The fourth-order valence-corrected chi connectivity index (χ4v) is 5.03. The van der Waals surface area contributed by atoms with Gasteiger partial charge in [0.2, 0.25) is 10.0 Å². The molecule has 0 radical (unpaired) electrons. The highest BCUT2D eigenvalue weighted by atomic mass is 32.2. The average molecular weight is 359 g/mol. The maximum absolute atomic E-state index is 12.8. The zero-order chi connectivity index (χ0) is 17.9. The molecule has 0 aromatic heterocycles. The molecular formula is C20H26N2O2S. The van der Waals surface area contributed by atoms with Crippen molar-refractivity contribution in [3.05, 3.63) is 59.7 Å². The number of piperidine rings is 1. The van der Waals surface area contributed by atoms with Crippen molar-refractivity contribution in [3.63, 3.8) is 0 Å². The molecule has 1 aliphatic heterocycles. The molecule has 0 saturated carbocycles. The van der Waals surface area contributed by atoms with E-state index in [2.05, 4.69) is 30.4 Å². The van der Waals surface area contributed by atoms with E-state index in [0.717, 1.165) is 31.5 Å². The molecule has 1 atom stereocenters. The molecule has 0 amide bonds. The Morgan fingerprint density at radius 3 is 2.56 bits per heavy atom. The predicted octanol–water partition coefficient (Wildman–Crippen LogP) is 4.17. The summed E-state index contributed by atoms with van der Waals surface area (Å²) in [5, 5.41) is 3.35.